The highest BCUT2D eigenvalue weighted by atomic mass is 16.2. The SMILES string of the molecule is Nc1ccc(NCCCCCCO)nc1. The maximum atomic E-state index is 8.59. The fourth-order valence-corrected chi connectivity index (χ4v) is 1.32. The van der Waals surface area contributed by atoms with Gasteiger partial charge in [-0.2, -0.15) is 0 Å². The molecular formula is C11H19N3O. The van der Waals surface area contributed by atoms with E-state index in [1.165, 1.54) is 0 Å². The minimum atomic E-state index is 0.299. The van der Waals surface area contributed by atoms with Gasteiger partial charge in [-0.05, 0) is 25.0 Å². The average molecular weight is 209 g/mol. The molecule has 0 aliphatic rings. The lowest BCUT2D eigenvalue weighted by Crippen LogP contribution is -2.03. The molecule has 0 fully saturated rings. The number of aliphatic hydroxyl groups is 1. The van der Waals surface area contributed by atoms with Crippen LogP contribution < -0.4 is 11.1 Å². The van der Waals surface area contributed by atoms with Crippen molar-refractivity contribution in [2.24, 2.45) is 0 Å². The summed E-state index contributed by atoms with van der Waals surface area (Å²) >= 11 is 0. The highest BCUT2D eigenvalue weighted by Crippen LogP contribution is 2.06. The molecule has 84 valence electrons. The number of pyridine rings is 1. The third-order valence-corrected chi connectivity index (χ3v) is 2.18. The van der Waals surface area contributed by atoms with Crippen LogP contribution in [0.5, 0.6) is 0 Å². The lowest BCUT2D eigenvalue weighted by atomic mass is 10.2. The summed E-state index contributed by atoms with van der Waals surface area (Å²) in [4.78, 5) is 4.14. The van der Waals surface area contributed by atoms with E-state index in [0.717, 1.165) is 38.0 Å². The summed E-state index contributed by atoms with van der Waals surface area (Å²) in [6.45, 7) is 1.22. The van der Waals surface area contributed by atoms with Crippen molar-refractivity contribution in [3.63, 3.8) is 0 Å². The zero-order valence-corrected chi connectivity index (χ0v) is 8.95. The summed E-state index contributed by atoms with van der Waals surface area (Å²) in [5.74, 6) is 0.867. The fraction of sp³-hybridized carbons (Fsp3) is 0.545. The molecule has 0 unspecified atom stereocenters. The van der Waals surface area contributed by atoms with Gasteiger partial charge < -0.3 is 16.2 Å². The van der Waals surface area contributed by atoms with Crippen LogP contribution in [0.2, 0.25) is 0 Å². The van der Waals surface area contributed by atoms with Crippen molar-refractivity contribution in [2.75, 3.05) is 24.2 Å². The van der Waals surface area contributed by atoms with Gasteiger partial charge in [0.25, 0.3) is 0 Å². The minimum absolute atomic E-state index is 0.299. The number of anilines is 2. The average Bonchev–Trinajstić information content (AvgIpc) is 2.26. The minimum Gasteiger partial charge on any atom is -0.397 e. The van der Waals surface area contributed by atoms with E-state index in [1.54, 1.807) is 6.20 Å². The van der Waals surface area contributed by atoms with E-state index in [4.69, 9.17) is 10.8 Å². The Morgan fingerprint density at radius 3 is 2.67 bits per heavy atom. The first kappa shape index (κ1) is 11.8. The number of nitrogens with zero attached hydrogens (tertiary/aromatic N) is 1. The monoisotopic (exact) mass is 209 g/mol. The van der Waals surface area contributed by atoms with Crippen LogP contribution in [0.25, 0.3) is 0 Å². The van der Waals surface area contributed by atoms with Gasteiger partial charge in [-0.3, -0.25) is 0 Å². The number of nitrogens with one attached hydrogen (secondary N) is 1. The number of hydrogen-bond donors (Lipinski definition) is 3. The molecule has 4 heteroatoms. The summed E-state index contributed by atoms with van der Waals surface area (Å²) in [6.07, 6.45) is 5.89. The van der Waals surface area contributed by atoms with E-state index < -0.39 is 0 Å². The predicted molar refractivity (Wildman–Crippen MR) is 62.7 cm³/mol. The van der Waals surface area contributed by atoms with Crippen LogP contribution >= 0.6 is 0 Å². The third kappa shape index (κ3) is 5.22. The summed E-state index contributed by atoms with van der Waals surface area (Å²) in [5.41, 5.74) is 6.21. The van der Waals surface area contributed by atoms with Crippen LogP contribution in [-0.2, 0) is 0 Å². The van der Waals surface area contributed by atoms with Gasteiger partial charge in [0.05, 0.1) is 11.9 Å². The number of nitrogens with two attached hydrogens (primary N) is 1. The lowest BCUT2D eigenvalue weighted by molar-refractivity contribution is 0.283. The molecule has 4 nitrogen and oxygen atoms in total. The number of unbranched alkanes of at least 4 members (excludes halogenated alkanes) is 3. The number of rotatable bonds is 7. The van der Waals surface area contributed by atoms with E-state index in [9.17, 15) is 0 Å². The highest BCUT2D eigenvalue weighted by molar-refractivity contribution is 5.43. The van der Waals surface area contributed by atoms with Gasteiger partial charge in [0.15, 0.2) is 0 Å². The maximum absolute atomic E-state index is 8.59. The molecule has 0 aliphatic heterocycles. The second kappa shape index (κ2) is 7.06. The largest absolute Gasteiger partial charge is 0.397 e. The first-order valence-corrected chi connectivity index (χ1v) is 5.39. The lowest BCUT2D eigenvalue weighted by Gasteiger charge is -2.05. The molecule has 1 rings (SSSR count). The topological polar surface area (TPSA) is 71.2 Å². The van der Waals surface area contributed by atoms with Gasteiger partial charge in [0.2, 0.25) is 0 Å². The van der Waals surface area contributed by atoms with Crippen molar-refractivity contribution in [3.8, 4) is 0 Å². The summed E-state index contributed by atoms with van der Waals surface area (Å²) < 4.78 is 0. The zero-order chi connectivity index (χ0) is 10.9. The molecule has 1 aromatic heterocycles. The molecule has 0 saturated carbocycles. The number of nitrogen functional groups attached to an aromatic ring is 1. The van der Waals surface area contributed by atoms with E-state index in [1.807, 2.05) is 12.1 Å². The Bertz CT molecular complexity index is 261. The van der Waals surface area contributed by atoms with Crippen molar-refractivity contribution >= 4 is 11.5 Å². The Balaban J connectivity index is 2.07. The van der Waals surface area contributed by atoms with Crippen molar-refractivity contribution in [1.29, 1.82) is 0 Å². The van der Waals surface area contributed by atoms with Crippen LogP contribution in [0.4, 0.5) is 11.5 Å². The van der Waals surface area contributed by atoms with Crippen molar-refractivity contribution in [1.82, 2.24) is 4.98 Å². The summed E-state index contributed by atoms with van der Waals surface area (Å²) in [7, 11) is 0. The van der Waals surface area contributed by atoms with Crippen LogP contribution in [-0.4, -0.2) is 23.2 Å². The Labute approximate surface area is 90.5 Å². The van der Waals surface area contributed by atoms with Crippen molar-refractivity contribution in [3.05, 3.63) is 18.3 Å². The molecule has 0 radical (unpaired) electrons. The normalized spacial score (nSPS) is 10.2. The van der Waals surface area contributed by atoms with E-state index >= 15 is 0 Å². The van der Waals surface area contributed by atoms with Gasteiger partial charge in [-0.25, -0.2) is 4.98 Å². The van der Waals surface area contributed by atoms with E-state index in [0.29, 0.717) is 12.3 Å². The number of aliphatic hydroxyl groups excluding tert-OH is 1. The third-order valence-electron chi connectivity index (χ3n) is 2.18. The molecular weight excluding hydrogens is 190 g/mol. The highest BCUT2D eigenvalue weighted by Gasteiger charge is 1.93. The quantitative estimate of drug-likeness (QED) is 0.597. The number of hydrogen-bond acceptors (Lipinski definition) is 4. The van der Waals surface area contributed by atoms with Gasteiger partial charge in [-0.15, -0.1) is 0 Å². The summed E-state index contributed by atoms with van der Waals surface area (Å²) in [6, 6.07) is 3.71. The molecule has 0 aromatic carbocycles. The van der Waals surface area contributed by atoms with E-state index in [2.05, 4.69) is 10.3 Å². The van der Waals surface area contributed by atoms with Crippen LogP contribution in [0, 0.1) is 0 Å². The molecule has 1 aromatic rings. The predicted octanol–water partition coefficient (Wildman–Crippen LogP) is 1.63. The Hall–Kier alpha value is -1.29. The standard InChI is InChI=1S/C11H19N3O/c12-10-5-6-11(14-9-10)13-7-3-1-2-4-8-15/h5-6,9,15H,1-4,7-8,12H2,(H,13,14). The molecule has 15 heavy (non-hydrogen) atoms. The molecule has 4 N–H and O–H groups in total. The fourth-order valence-electron chi connectivity index (χ4n) is 1.32. The second-order valence-electron chi connectivity index (χ2n) is 3.54. The smallest absolute Gasteiger partial charge is 0.126 e. The molecule has 0 spiro atoms. The van der Waals surface area contributed by atoms with Crippen LogP contribution in [0.3, 0.4) is 0 Å². The Kier molecular flexibility index (Phi) is 5.55. The second-order valence-corrected chi connectivity index (χ2v) is 3.54. The first-order valence-electron chi connectivity index (χ1n) is 5.39. The van der Waals surface area contributed by atoms with Crippen molar-refractivity contribution in [2.45, 2.75) is 25.7 Å². The Morgan fingerprint density at radius 2 is 2.00 bits per heavy atom. The van der Waals surface area contributed by atoms with Gasteiger partial charge >= 0.3 is 0 Å². The molecule has 1 heterocycles. The molecule has 0 amide bonds. The van der Waals surface area contributed by atoms with Gasteiger partial charge in [-0.1, -0.05) is 12.8 Å². The maximum Gasteiger partial charge on any atom is 0.126 e. The van der Waals surface area contributed by atoms with Crippen LogP contribution in [0.15, 0.2) is 18.3 Å². The van der Waals surface area contributed by atoms with Crippen LogP contribution in [0.1, 0.15) is 25.7 Å². The first-order chi connectivity index (χ1) is 7.33. The van der Waals surface area contributed by atoms with E-state index in [-0.39, 0.29) is 0 Å². The Morgan fingerprint density at radius 1 is 1.20 bits per heavy atom. The molecule has 0 bridgehead atoms. The van der Waals surface area contributed by atoms with Gasteiger partial charge in [0.1, 0.15) is 5.82 Å². The summed E-state index contributed by atoms with van der Waals surface area (Å²) in [5, 5.41) is 11.8. The molecule has 0 atom stereocenters. The van der Waals surface area contributed by atoms with Gasteiger partial charge in [0, 0.05) is 13.2 Å². The van der Waals surface area contributed by atoms with Crippen molar-refractivity contribution < 1.29 is 5.11 Å². The number of aromatic nitrogens is 1. The molecule has 0 aliphatic carbocycles. The molecule has 0 saturated heterocycles. The zero-order valence-electron chi connectivity index (χ0n) is 8.95.